The van der Waals surface area contributed by atoms with Crippen molar-refractivity contribution in [2.75, 3.05) is 5.32 Å². The maximum atomic E-state index is 4.26. The summed E-state index contributed by atoms with van der Waals surface area (Å²) in [4.78, 5) is 9.56. The first kappa shape index (κ1) is 12.9. The summed E-state index contributed by atoms with van der Waals surface area (Å²) in [5, 5.41) is 6.60. The number of aromatic nitrogens is 2. The Balaban J connectivity index is 0.000000606. The molecule has 88 valence electrons. The molecule has 0 aromatic carbocycles. The fourth-order valence-electron chi connectivity index (χ4n) is 1.40. The number of aryl methyl sites for hydroxylation is 1. The molecule has 0 aliphatic heterocycles. The molecule has 2 heterocycles. The van der Waals surface area contributed by atoms with Gasteiger partial charge < -0.3 is 5.32 Å². The van der Waals surface area contributed by atoms with Gasteiger partial charge in [0.1, 0.15) is 17.0 Å². The van der Waals surface area contributed by atoms with E-state index >= 15 is 0 Å². The minimum absolute atomic E-state index is 0.396. The Morgan fingerprint density at radius 1 is 1.25 bits per heavy atom. The highest BCUT2D eigenvalue weighted by Crippen LogP contribution is 2.28. The molecular formula is C12H19N3S. The number of rotatable bonds is 2. The number of hydrogen-bond donors (Lipinski definition) is 1. The third kappa shape index (κ3) is 2.70. The smallest absolute Gasteiger partial charge is 0.138 e. The van der Waals surface area contributed by atoms with E-state index in [9.17, 15) is 0 Å². The number of anilines is 1. The van der Waals surface area contributed by atoms with Crippen LogP contribution in [-0.2, 0) is 0 Å². The van der Waals surface area contributed by atoms with E-state index < -0.39 is 0 Å². The zero-order chi connectivity index (χ0) is 12.1. The third-order valence-corrected chi connectivity index (χ3v) is 2.98. The predicted octanol–water partition coefficient (Wildman–Crippen LogP) is 3.85. The molecule has 0 amide bonds. The molecule has 0 saturated carbocycles. The summed E-state index contributed by atoms with van der Waals surface area (Å²) in [7, 11) is 0. The van der Waals surface area contributed by atoms with Gasteiger partial charge in [-0.2, -0.15) is 0 Å². The Bertz CT molecular complexity index is 448. The van der Waals surface area contributed by atoms with E-state index in [1.165, 1.54) is 5.56 Å². The van der Waals surface area contributed by atoms with E-state index in [4.69, 9.17) is 0 Å². The summed E-state index contributed by atoms with van der Waals surface area (Å²) in [6, 6.07) is 0.396. The molecule has 2 rings (SSSR count). The number of fused-ring (bicyclic) bond motifs is 1. The molecule has 2 aromatic rings. The van der Waals surface area contributed by atoms with E-state index in [1.54, 1.807) is 17.7 Å². The Kier molecular flexibility index (Phi) is 4.68. The van der Waals surface area contributed by atoms with E-state index in [2.05, 4.69) is 41.4 Å². The van der Waals surface area contributed by atoms with Crippen molar-refractivity contribution >= 4 is 27.4 Å². The first-order valence-corrected chi connectivity index (χ1v) is 6.52. The van der Waals surface area contributed by atoms with Gasteiger partial charge >= 0.3 is 0 Å². The summed E-state index contributed by atoms with van der Waals surface area (Å²) in [5.74, 6) is 0.948. The van der Waals surface area contributed by atoms with Crippen molar-refractivity contribution in [1.82, 2.24) is 9.97 Å². The lowest BCUT2D eigenvalue weighted by Gasteiger charge is -2.09. The van der Waals surface area contributed by atoms with E-state index in [0.717, 1.165) is 16.0 Å². The van der Waals surface area contributed by atoms with Crippen LogP contribution in [0, 0.1) is 6.92 Å². The van der Waals surface area contributed by atoms with Crippen LogP contribution in [0.3, 0.4) is 0 Å². The Labute approximate surface area is 101 Å². The Hall–Kier alpha value is -1.16. The van der Waals surface area contributed by atoms with Crippen molar-refractivity contribution in [2.24, 2.45) is 0 Å². The van der Waals surface area contributed by atoms with Crippen LogP contribution in [0.4, 0.5) is 5.82 Å². The number of nitrogens with one attached hydrogen (secondary N) is 1. The van der Waals surface area contributed by atoms with Crippen molar-refractivity contribution in [3.8, 4) is 0 Å². The van der Waals surface area contributed by atoms with Crippen LogP contribution in [0.5, 0.6) is 0 Å². The Morgan fingerprint density at radius 3 is 2.56 bits per heavy atom. The molecule has 4 heteroatoms. The third-order valence-electron chi connectivity index (χ3n) is 1.98. The second kappa shape index (κ2) is 5.80. The number of thiophene rings is 1. The highest BCUT2D eigenvalue weighted by atomic mass is 32.1. The number of hydrogen-bond acceptors (Lipinski definition) is 4. The lowest BCUT2D eigenvalue weighted by atomic mass is 10.2. The van der Waals surface area contributed by atoms with Gasteiger partial charge in [0.15, 0.2) is 0 Å². The summed E-state index contributed by atoms with van der Waals surface area (Å²) in [6.07, 6.45) is 1.61. The van der Waals surface area contributed by atoms with E-state index in [0.29, 0.717) is 6.04 Å². The summed E-state index contributed by atoms with van der Waals surface area (Å²) < 4.78 is 0. The van der Waals surface area contributed by atoms with Gasteiger partial charge in [0.05, 0.1) is 5.39 Å². The first-order valence-electron chi connectivity index (χ1n) is 5.64. The maximum absolute atomic E-state index is 4.26. The SMILES string of the molecule is CC.Cc1csc2ncnc(NC(C)C)c12. The first-order chi connectivity index (χ1) is 7.68. The van der Waals surface area contributed by atoms with Crippen LogP contribution in [0.1, 0.15) is 33.3 Å². The maximum Gasteiger partial charge on any atom is 0.138 e. The molecule has 1 N–H and O–H groups in total. The second-order valence-electron chi connectivity index (χ2n) is 3.62. The van der Waals surface area contributed by atoms with Crippen molar-refractivity contribution in [3.05, 3.63) is 17.3 Å². The van der Waals surface area contributed by atoms with Crippen LogP contribution in [-0.4, -0.2) is 16.0 Å². The van der Waals surface area contributed by atoms with Gasteiger partial charge in [0.2, 0.25) is 0 Å². The monoisotopic (exact) mass is 237 g/mol. The summed E-state index contributed by atoms with van der Waals surface area (Å²) in [5.41, 5.74) is 1.24. The molecule has 3 nitrogen and oxygen atoms in total. The lowest BCUT2D eigenvalue weighted by molar-refractivity contribution is 0.890. The molecule has 0 bridgehead atoms. The van der Waals surface area contributed by atoms with Crippen molar-refractivity contribution in [1.29, 1.82) is 0 Å². The van der Waals surface area contributed by atoms with Gasteiger partial charge in [0.25, 0.3) is 0 Å². The highest BCUT2D eigenvalue weighted by Gasteiger charge is 2.08. The minimum atomic E-state index is 0.396. The molecule has 0 unspecified atom stereocenters. The molecule has 0 spiro atoms. The van der Waals surface area contributed by atoms with E-state index in [1.807, 2.05) is 13.8 Å². The van der Waals surface area contributed by atoms with Gasteiger partial charge in [-0.05, 0) is 31.7 Å². The molecule has 0 saturated heterocycles. The molecule has 2 aromatic heterocycles. The zero-order valence-electron chi connectivity index (χ0n) is 10.5. The van der Waals surface area contributed by atoms with Crippen molar-refractivity contribution < 1.29 is 0 Å². The second-order valence-corrected chi connectivity index (χ2v) is 4.48. The van der Waals surface area contributed by atoms with Gasteiger partial charge in [-0.3, -0.25) is 0 Å². The van der Waals surface area contributed by atoms with Crippen LogP contribution in [0.2, 0.25) is 0 Å². The molecule has 0 atom stereocenters. The zero-order valence-corrected chi connectivity index (χ0v) is 11.4. The molecule has 0 aliphatic carbocycles. The van der Waals surface area contributed by atoms with Gasteiger partial charge in [-0.25, -0.2) is 9.97 Å². The highest BCUT2D eigenvalue weighted by molar-refractivity contribution is 7.17. The fraction of sp³-hybridized carbons (Fsp3) is 0.500. The van der Waals surface area contributed by atoms with Crippen LogP contribution in [0.25, 0.3) is 10.2 Å². The predicted molar refractivity (Wildman–Crippen MR) is 72.3 cm³/mol. The molecule has 16 heavy (non-hydrogen) atoms. The molecule has 0 aliphatic rings. The fourth-order valence-corrected chi connectivity index (χ4v) is 2.29. The van der Waals surface area contributed by atoms with Crippen molar-refractivity contribution in [3.63, 3.8) is 0 Å². The lowest BCUT2D eigenvalue weighted by Crippen LogP contribution is -2.11. The average Bonchev–Trinajstić information content (AvgIpc) is 2.64. The quantitative estimate of drug-likeness (QED) is 0.862. The minimum Gasteiger partial charge on any atom is -0.367 e. The van der Waals surface area contributed by atoms with E-state index in [-0.39, 0.29) is 0 Å². The van der Waals surface area contributed by atoms with Crippen LogP contribution in [0.15, 0.2) is 11.7 Å². The standard InChI is InChI=1S/C10H13N3S.C2H6/c1-6(2)13-9-8-7(3)4-14-10(8)12-5-11-9;1-2/h4-6H,1-3H3,(H,11,12,13);1-2H3. The molecule has 0 fully saturated rings. The largest absolute Gasteiger partial charge is 0.367 e. The molecular weight excluding hydrogens is 218 g/mol. The summed E-state index contributed by atoms with van der Waals surface area (Å²) >= 11 is 1.66. The Morgan fingerprint density at radius 2 is 1.94 bits per heavy atom. The average molecular weight is 237 g/mol. The summed E-state index contributed by atoms with van der Waals surface area (Å²) in [6.45, 7) is 10.3. The van der Waals surface area contributed by atoms with Crippen LogP contribution >= 0.6 is 11.3 Å². The topological polar surface area (TPSA) is 37.8 Å². The van der Waals surface area contributed by atoms with Crippen LogP contribution < -0.4 is 5.32 Å². The van der Waals surface area contributed by atoms with Gasteiger partial charge in [0, 0.05) is 6.04 Å². The van der Waals surface area contributed by atoms with Crippen molar-refractivity contribution in [2.45, 2.75) is 40.7 Å². The number of nitrogens with zero attached hydrogens (tertiary/aromatic N) is 2. The van der Waals surface area contributed by atoms with Gasteiger partial charge in [-0.15, -0.1) is 11.3 Å². The van der Waals surface area contributed by atoms with Gasteiger partial charge in [-0.1, -0.05) is 13.8 Å². The normalized spacial score (nSPS) is 10.1. The molecule has 0 radical (unpaired) electrons.